The third-order valence-electron chi connectivity index (χ3n) is 3.51. The van der Waals surface area contributed by atoms with Crippen molar-refractivity contribution in [3.05, 3.63) is 40.5 Å². The fourth-order valence-electron chi connectivity index (χ4n) is 2.65. The van der Waals surface area contributed by atoms with Crippen molar-refractivity contribution in [3.8, 4) is 0 Å². The third-order valence-corrected chi connectivity index (χ3v) is 3.51. The molecule has 1 aliphatic rings. The zero-order valence-corrected chi connectivity index (χ0v) is 10.2. The Balaban J connectivity index is 2.52. The van der Waals surface area contributed by atoms with Gasteiger partial charge in [0.15, 0.2) is 0 Å². The quantitative estimate of drug-likeness (QED) is 0.631. The first kappa shape index (κ1) is 10.5. The first-order valence-electron chi connectivity index (χ1n) is 5.89. The van der Waals surface area contributed by atoms with E-state index in [1.807, 2.05) is 0 Å². The lowest BCUT2D eigenvalue weighted by molar-refractivity contribution is 0.703. The maximum Gasteiger partial charge on any atom is -0.0195 e. The van der Waals surface area contributed by atoms with E-state index < -0.39 is 0 Å². The Morgan fingerprint density at radius 1 is 1.07 bits per heavy atom. The average Bonchev–Trinajstić information content (AvgIpc) is 2.17. The predicted molar refractivity (Wildman–Crippen MR) is 66.9 cm³/mol. The Labute approximate surface area is 93.0 Å². The van der Waals surface area contributed by atoms with Crippen LogP contribution in [0, 0.1) is 12.8 Å². The predicted octanol–water partition coefficient (Wildman–Crippen LogP) is 4.37. The summed E-state index contributed by atoms with van der Waals surface area (Å²) in [6.45, 7) is 9.07. The second-order valence-corrected chi connectivity index (χ2v) is 4.97. The van der Waals surface area contributed by atoms with E-state index in [0.29, 0.717) is 5.92 Å². The molecule has 80 valence electrons. The first-order chi connectivity index (χ1) is 7.09. The van der Waals surface area contributed by atoms with Crippen molar-refractivity contribution in [2.75, 3.05) is 0 Å². The van der Waals surface area contributed by atoms with Crippen LogP contribution in [-0.4, -0.2) is 0 Å². The fourth-order valence-corrected chi connectivity index (χ4v) is 2.65. The minimum Gasteiger partial charge on any atom is -0.0638 e. The van der Waals surface area contributed by atoms with Gasteiger partial charge in [-0.25, -0.2) is 0 Å². The van der Waals surface area contributed by atoms with E-state index in [1.54, 1.807) is 5.57 Å². The Bertz CT molecular complexity index is 408. The molecule has 2 rings (SSSR count). The fraction of sp³-hybridized carbons (Fsp3) is 0.467. The molecule has 15 heavy (non-hydrogen) atoms. The van der Waals surface area contributed by atoms with Crippen LogP contribution in [0.1, 0.15) is 43.9 Å². The van der Waals surface area contributed by atoms with Crippen molar-refractivity contribution in [2.45, 2.75) is 40.5 Å². The van der Waals surface area contributed by atoms with Crippen LogP contribution < -0.4 is 0 Å². The van der Waals surface area contributed by atoms with Gasteiger partial charge in [0.05, 0.1) is 0 Å². The molecule has 0 bridgehead atoms. The van der Waals surface area contributed by atoms with Crippen molar-refractivity contribution in [1.29, 1.82) is 0 Å². The number of hydrogen-bond acceptors (Lipinski definition) is 0. The van der Waals surface area contributed by atoms with E-state index >= 15 is 0 Å². The van der Waals surface area contributed by atoms with Crippen molar-refractivity contribution >= 4 is 5.57 Å². The van der Waals surface area contributed by atoms with Crippen molar-refractivity contribution in [1.82, 2.24) is 0 Å². The molecule has 0 saturated heterocycles. The van der Waals surface area contributed by atoms with E-state index in [1.165, 1.54) is 35.1 Å². The molecule has 0 heteroatoms. The van der Waals surface area contributed by atoms with Gasteiger partial charge in [-0.2, -0.15) is 0 Å². The van der Waals surface area contributed by atoms with Crippen molar-refractivity contribution in [3.63, 3.8) is 0 Å². The number of hydrogen-bond donors (Lipinski definition) is 0. The smallest absolute Gasteiger partial charge is 0.0195 e. The maximum atomic E-state index is 2.34. The molecule has 0 heterocycles. The van der Waals surface area contributed by atoms with Crippen LogP contribution in [0.25, 0.3) is 5.57 Å². The molecular weight excluding hydrogens is 180 g/mol. The summed E-state index contributed by atoms with van der Waals surface area (Å²) < 4.78 is 0. The topological polar surface area (TPSA) is 0 Å². The lowest BCUT2D eigenvalue weighted by Crippen LogP contribution is -2.07. The molecule has 0 radical (unpaired) electrons. The Morgan fingerprint density at radius 2 is 1.80 bits per heavy atom. The number of rotatable bonds is 1. The second kappa shape index (κ2) is 3.84. The number of benzene rings is 1. The molecule has 0 amide bonds. The van der Waals surface area contributed by atoms with E-state index in [0.717, 1.165) is 0 Å². The highest BCUT2D eigenvalue weighted by Gasteiger charge is 2.17. The van der Waals surface area contributed by atoms with Gasteiger partial charge in [0.2, 0.25) is 0 Å². The van der Waals surface area contributed by atoms with Gasteiger partial charge in [0.25, 0.3) is 0 Å². The maximum absolute atomic E-state index is 2.34. The minimum absolute atomic E-state index is 0.694. The van der Waals surface area contributed by atoms with Gasteiger partial charge >= 0.3 is 0 Å². The summed E-state index contributed by atoms with van der Waals surface area (Å²) >= 11 is 0. The van der Waals surface area contributed by atoms with Crippen LogP contribution >= 0.6 is 0 Å². The normalized spacial score (nSPS) is 15.8. The Morgan fingerprint density at radius 3 is 2.47 bits per heavy atom. The van der Waals surface area contributed by atoms with Gasteiger partial charge in [-0.3, -0.25) is 0 Å². The SMILES string of the molecule is CC1=C(C(C)C)CCc2cc(C)ccc21. The monoisotopic (exact) mass is 200 g/mol. The molecule has 0 saturated carbocycles. The lowest BCUT2D eigenvalue weighted by atomic mass is 9.81. The van der Waals surface area contributed by atoms with Crippen LogP contribution in [0.5, 0.6) is 0 Å². The summed E-state index contributed by atoms with van der Waals surface area (Å²) in [6.07, 6.45) is 2.47. The Kier molecular flexibility index (Phi) is 2.68. The Hall–Kier alpha value is -1.04. The summed E-state index contributed by atoms with van der Waals surface area (Å²) in [7, 11) is 0. The van der Waals surface area contributed by atoms with Gasteiger partial charge in [0.1, 0.15) is 0 Å². The number of aryl methyl sites for hydroxylation is 2. The highest BCUT2D eigenvalue weighted by molar-refractivity contribution is 5.72. The van der Waals surface area contributed by atoms with Gasteiger partial charge in [-0.1, -0.05) is 43.2 Å². The van der Waals surface area contributed by atoms with Crippen LogP contribution in [0.4, 0.5) is 0 Å². The second-order valence-electron chi connectivity index (χ2n) is 4.97. The molecule has 0 aromatic heterocycles. The molecular formula is C15H20. The standard InChI is InChI=1S/C15H20/c1-10(2)14-8-6-13-9-11(3)5-7-15(13)12(14)4/h5,7,9-10H,6,8H2,1-4H3. The molecule has 0 unspecified atom stereocenters. The number of fused-ring (bicyclic) bond motifs is 1. The number of allylic oxidation sites excluding steroid dienone is 2. The van der Waals surface area contributed by atoms with Crippen LogP contribution in [-0.2, 0) is 6.42 Å². The van der Waals surface area contributed by atoms with Crippen LogP contribution in [0.2, 0.25) is 0 Å². The lowest BCUT2D eigenvalue weighted by Gasteiger charge is -2.24. The van der Waals surface area contributed by atoms with Gasteiger partial charge in [-0.05, 0) is 49.3 Å². The average molecular weight is 200 g/mol. The molecule has 0 N–H and O–H groups in total. The molecule has 0 fully saturated rings. The zero-order chi connectivity index (χ0) is 11.0. The van der Waals surface area contributed by atoms with Crippen molar-refractivity contribution < 1.29 is 0 Å². The zero-order valence-electron chi connectivity index (χ0n) is 10.2. The van der Waals surface area contributed by atoms with Gasteiger partial charge in [-0.15, -0.1) is 0 Å². The van der Waals surface area contributed by atoms with Crippen LogP contribution in [0.15, 0.2) is 23.8 Å². The third kappa shape index (κ3) is 1.86. The highest BCUT2D eigenvalue weighted by atomic mass is 14.2. The molecule has 0 atom stereocenters. The molecule has 1 aromatic rings. The van der Waals surface area contributed by atoms with E-state index in [4.69, 9.17) is 0 Å². The highest BCUT2D eigenvalue weighted by Crippen LogP contribution is 2.34. The van der Waals surface area contributed by atoms with E-state index in [2.05, 4.69) is 45.9 Å². The summed E-state index contributed by atoms with van der Waals surface area (Å²) in [4.78, 5) is 0. The first-order valence-corrected chi connectivity index (χ1v) is 5.89. The molecule has 0 spiro atoms. The summed E-state index contributed by atoms with van der Waals surface area (Å²) in [5.74, 6) is 0.694. The summed E-state index contributed by atoms with van der Waals surface area (Å²) in [5.41, 5.74) is 7.57. The minimum atomic E-state index is 0.694. The summed E-state index contributed by atoms with van der Waals surface area (Å²) in [5, 5.41) is 0. The molecule has 0 aliphatic heterocycles. The largest absolute Gasteiger partial charge is 0.0638 e. The molecule has 0 nitrogen and oxygen atoms in total. The molecule has 1 aromatic carbocycles. The van der Waals surface area contributed by atoms with Crippen LogP contribution in [0.3, 0.4) is 0 Å². The van der Waals surface area contributed by atoms with Gasteiger partial charge < -0.3 is 0 Å². The van der Waals surface area contributed by atoms with Gasteiger partial charge in [0, 0.05) is 0 Å². The molecule has 1 aliphatic carbocycles. The summed E-state index contributed by atoms with van der Waals surface area (Å²) in [6, 6.07) is 6.86. The van der Waals surface area contributed by atoms with E-state index in [9.17, 15) is 0 Å². The van der Waals surface area contributed by atoms with Crippen molar-refractivity contribution in [2.24, 2.45) is 5.92 Å². The van der Waals surface area contributed by atoms with E-state index in [-0.39, 0.29) is 0 Å².